The van der Waals surface area contributed by atoms with Gasteiger partial charge in [-0.15, -0.1) is 6.42 Å². The summed E-state index contributed by atoms with van der Waals surface area (Å²) in [6, 6.07) is 8.80. The van der Waals surface area contributed by atoms with Crippen molar-refractivity contribution < 1.29 is 14.3 Å². The van der Waals surface area contributed by atoms with Crippen molar-refractivity contribution in [1.82, 2.24) is 0 Å². The molecular formula is C15H13NO3. The first-order valence-electron chi connectivity index (χ1n) is 5.67. The summed E-state index contributed by atoms with van der Waals surface area (Å²) in [5.41, 5.74) is 0.515. The molecule has 0 amide bonds. The maximum Gasteiger partial charge on any atom is 0.348 e. The standard InChI is InChI=1S/C15H13NO3/c1-3-9-19-14-8-6-5-7-12(14)10-13(11-16)15(17)18-4-2/h1,5-8,10H,4,9H2,2H3/b13-10+. The second-order valence-corrected chi connectivity index (χ2v) is 3.42. The van der Waals surface area contributed by atoms with Crippen LogP contribution in [0.2, 0.25) is 0 Å². The minimum atomic E-state index is -0.656. The van der Waals surface area contributed by atoms with Gasteiger partial charge in [0.25, 0.3) is 0 Å². The molecule has 0 aliphatic heterocycles. The molecule has 0 aliphatic rings. The number of nitriles is 1. The summed E-state index contributed by atoms with van der Waals surface area (Å²) in [7, 11) is 0. The van der Waals surface area contributed by atoms with Crippen molar-refractivity contribution >= 4 is 12.0 Å². The topological polar surface area (TPSA) is 59.3 Å². The maximum atomic E-state index is 11.5. The summed E-state index contributed by atoms with van der Waals surface area (Å²) in [5.74, 6) is 2.21. The van der Waals surface area contributed by atoms with Gasteiger partial charge in [0, 0.05) is 5.56 Å². The maximum absolute atomic E-state index is 11.5. The number of carbonyl (C=O) groups is 1. The van der Waals surface area contributed by atoms with Crippen LogP contribution in [0.1, 0.15) is 12.5 Å². The molecule has 0 heterocycles. The fourth-order valence-corrected chi connectivity index (χ4v) is 1.35. The number of hydrogen-bond acceptors (Lipinski definition) is 4. The third kappa shape index (κ3) is 4.22. The summed E-state index contributed by atoms with van der Waals surface area (Å²) in [6.07, 6.45) is 6.55. The third-order valence-electron chi connectivity index (χ3n) is 2.15. The monoisotopic (exact) mass is 255 g/mol. The minimum absolute atomic E-state index is 0.0846. The van der Waals surface area contributed by atoms with E-state index in [1.807, 2.05) is 6.07 Å². The summed E-state index contributed by atoms with van der Waals surface area (Å²) >= 11 is 0. The van der Waals surface area contributed by atoms with Crippen LogP contribution in [0.15, 0.2) is 29.8 Å². The Labute approximate surface area is 112 Å². The Morgan fingerprint density at radius 2 is 2.21 bits per heavy atom. The van der Waals surface area contributed by atoms with Crippen molar-refractivity contribution in [3.8, 4) is 24.2 Å². The molecule has 1 aromatic carbocycles. The molecule has 19 heavy (non-hydrogen) atoms. The lowest BCUT2D eigenvalue weighted by Gasteiger charge is -2.06. The van der Waals surface area contributed by atoms with E-state index in [1.54, 1.807) is 31.2 Å². The van der Waals surface area contributed by atoms with Gasteiger partial charge in [-0.05, 0) is 19.1 Å². The first-order valence-corrected chi connectivity index (χ1v) is 5.67. The average molecular weight is 255 g/mol. The van der Waals surface area contributed by atoms with Gasteiger partial charge in [-0.25, -0.2) is 4.79 Å². The minimum Gasteiger partial charge on any atom is -0.480 e. The molecule has 1 aromatic rings. The van der Waals surface area contributed by atoms with E-state index >= 15 is 0 Å². The van der Waals surface area contributed by atoms with Crippen LogP contribution in [-0.4, -0.2) is 19.2 Å². The Kier molecular flexibility index (Phi) is 5.72. The van der Waals surface area contributed by atoms with Crippen LogP contribution in [0.3, 0.4) is 0 Å². The predicted molar refractivity (Wildman–Crippen MR) is 71.0 cm³/mol. The van der Waals surface area contributed by atoms with Gasteiger partial charge < -0.3 is 9.47 Å². The fraction of sp³-hybridized carbons (Fsp3) is 0.200. The SMILES string of the molecule is C#CCOc1ccccc1/C=C(\C#N)C(=O)OCC. The summed E-state index contributed by atoms with van der Waals surface area (Å²) in [5, 5.41) is 8.96. The Balaban J connectivity index is 3.05. The molecule has 0 saturated carbocycles. The molecule has 0 aromatic heterocycles. The highest BCUT2D eigenvalue weighted by atomic mass is 16.5. The zero-order chi connectivity index (χ0) is 14.1. The van der Waals surface area contributed by atoms with Gasteiger partial charge in [0.05, 0.1) is 6.61 Å². The van der Waals surface area contributed by atoms with Gasteiger partial charge in [0.1, 0.15) is 24.0 Å². The molecule has 0 radical (unpaired) electrons. The third-order valence-corrected chi connectivity index (χ3v) is 2.15. The van der Waals surface area contributed by atoms with E-state index in [2.05, 4.69) is 5.92 Å². The molecule has 96 valence electrons. The number of terminal acetylenes is 1. The van der Waals surface area contributed by atoms with Crippen LogP contribution in [0.4, 0.5) is 0 Å². The number of esters is 1. The average Bonchev–Trinajstić information content (AvgIpc) is 2.43. The molecular weight excluding hydrogens is 242 g/mol. The lowest BCUT2D eigenvalue weighted by atomic mass is 10.1. The number of para-hydroxylation sites is 1. The van der Waals surface area contributed by atoms with Crippen LogP contribution >= 0.6 is 0 Å². The van der Waals surface area contributed by atoms with Gasteiger partial charge >= 0.3 is 5.97 Å². The van der Waals surface area contributed by atoms with Crippen molar-refractivity contribution in [2.45, 2.75) is 6.92 Å². The van der Waals surface area contributed by atoms with Crippen LogP contribution in [0, 0.1) is 23.7 Å². The van der Waals surface area contributed by atoms with E-state index in [9.17, 15) is 4.79 Å². The molecule has 0 bridgehead atoms. The van der Waals surface area contributed by atoms with E-state index in [-0.39, 0.29) is 18.8 Å². The molecule has 0 aliphatic carbocycles. The van der Waals surface area contributed by atoms with Crippen LogP contribution in [0.5, 0.6) is 5.75 Å². The van der Waals surface area contributed by atoms with Gasteiger partial charge in [-0.3, -0.25) is 0 Å². The Hall–Kier alpha value is -2.72. The Morgan fingerprint density at radius 3 is 2.84 bits per heavy atom. The van der Waals surface area contributed by atoms with E-state index in [4.69, 9.17) is 21.2 Å². The van der Waals surface area contributed by atoms with Crippen LogP contribution < -0.4 is 4.74 Å². The largest absolute Gasteiger partial charge is 0.480 e. The lowest BCUT2D eigenvalue weighted by molar-refractivity contribution is -0.137. The van der Waals surface area contributed by atoms with Gasteiger partial charge in [-0.2, -0.15) is 5.26 Å². The fourth-order valence-electron chi connectivity index (χ4n) is 1.35. The molecule has 4 heteroatoms. The summed E-state index contributed by atoms with van der Waals surface area (Å²) in [4.78, 5) is 11.5. The molecule has 0 atom stereocenters. The normalized spacial score (nSPS) is 10.2. The summed E-state index contributed by atoms with van der Waals surface area (Å²) in [6.45, 7) is 2.01. The number of ether oxygens (including phenoxy) is 2. The molecule has 0 fully saturated rings. The van der Waals surface area contributed by atoms with E-state index in [0.717, 1.165) is 0 Å². The molecule has 0 spiro atoms. The van der Waals surface area contributed by atoms with Crippen LogP contribution in [0.25, 0.3) is 6.08 Å². The van der Waals surface area contributed by atoms with Crippen molar-refractivity contribution in [1.29, 1.82) is 5.26 Å². The first-order chi connectivity index (χ1) is 9.22. The van der Waals surface area contributed by atoms with Crippen molar-refractivity contribution in [3.63, 3.8) is 0 Å². The number of carbonyl (C=O) groups excluding carboxylic acids is 1. The zero-order valence-electron chi connectivity index (χ0n) is 10.6. The second-order valence-electron chi connectivity index (χ2n) is 3.42. The Morgan fingerprint density at radius 1 is 1.47 bits per heavy atom. The molecule has 1 rings (SSSR count). The van der Waals surface area contributed by atoms with E-state index < -0.39 is 5.97 Å². The van der Waals surface area contributed by atoms with Gasteiger partial charge in [0.2, 0.25) is 0 Å². The van der Waals surface area contributed by atoms with Gasteiger partial charge in [-0.1, -0.05) is 24.1 Å². The molecule has 0 saturated heterocycles. The zero-order valence-corrected chi connectivity index (χ0v) is 10.6. The highest BCUT2D eigenvalue weighted by Gasteiger charge is 2.11. The number of hydrogen-bond donors (Lipinski definition) is 0. The second kappa shape index (κ2) is 7.58. The quantitative estimate of drug-likeness (QED) is 0.350. The molecule has 0 N–H and O–H groups in total. The number of nitrogens with zero attached hydrogens (tertiary/aromatic N) is 1. The van der Waals surface area contributed by atoms with Crippen molar-refractivity contribution in [2.24, 2.45) is 0 Å². The van der Waals surface area contributed by atoms with Crippen molar-refractivity contribution in [3.05, 3.63) is 35.4 Å². The molecule has 0 unspecified atom stereocenters. The molecule has 4 nitrogen and oxygen atoms in total. The smallest absolute Gasteiger partial charge is 0.348 e. The highest BCUT2D eigenvalue weighted by Crippen LogP contribution is 2.21. The van der Waals surface area contributed by atoms with E-state index in [0.29, 0.717) is 11.3 Å². The van der Waals surface area contributed by atoms with Crippen LogP contribution in [-0.2, 0) is 9.53 Å². The van der Waals surface area contributed by atoms with E-state index in [1.165, 1.54) is 6.08 Å². The number of rotatable bonds is 5. The lowest BCUT2D eigenvalue weighted by Crippen LogP contribution is -2.06. The Bertz CT molecular complexity index is 561. The first kappa shape index (κ1) is 14.3. The highest BCUT2D eigenvalue weighted by molar-refractivity contribution is 5.98. The predicted octanol–water partition coefficient (Wildman–Crippen LogP) is 2.17. The number of benzene rings is 1. The van der Waals surface area contributed by atoms with Crippen molar-refractivity contribution in [2.75, 3.05) is 13.2 Å². The summed E-state index contributed by atoms with van der Waals surface area (Å²) < 4.78 is 10.1. The van der Waals surface area contributed by atoms with Gasteiger partial charge in [0.15, 0.2) is 0 Å².